The van der Waals surface area contributed by atoms with Crippen LogP contribution in [0.2, 0.25) is 10.0 Å². The van der Waals surface area contributed by atoms with Crippen LogP contribution in [0.25, 0.3) is 10.9 Å². The lowest BCUT2D eigenvalue weighted by Crippen LogP contribution is -2.24. The highest BCUT2D eigenvalue weighted by Gasteiger charge is 2.06. The molecule has 2 aromatic carbocycles. The number of para-hydroxylation sites is 1. The second kappa shape index (κ2) is 7.59. The molecule has 7 heteroatoms. The minimum atomic E-state index is -0.387. The van der Waals surface area contributed by atoms with Crippen LogP contribution in [-0.4, -0.2) is 23.3 Å². The number of carbonyl (C=O) groups excluding carboxylic acids is 1. The number of halogens is 2. The largest absolute Gasteiger partial charge is 0.482 e. The average molecular weight is 376 g/mol. The third-order valence-corrected chi connectivity index (χ3v) is 4.10. The number of fused-ring (bicyclic) bond motifs is 1. The fourth-order valence-corrected chi connectivity index (χ4v) is 2.88. The quantitative estimate of drug-likeness (QED) is 0.540. The second-order valence-electron chi connectivity index (χ2n) is 5.37. The van der Waals surface area contributed by atoms with E-state index in [-0.39, 0.29) is 12.5 Å². The number of hydrogen-bond donors (Lipinski definition) is 1. The van der Waals surface area contributed by atoms with Gasteiger partial charge in [0.15, 0.2) is 6.61 Å². The smallest absolute Gasteiger partial charge is 0.277 e. The van der Waals surface area contributed by atoms with E-state index in [4.69, 9.17) is 27.9 Å². The Morgan fingerprint density at radius 2 is 2.08 bits per heavy atom. The summed E-state index contributed by atoms with van der Waals surface area (Å²) in [5.41, 5.74) is 4.44. The molecule has 0 aliphatic rings. The Morgan fingerprint density at radius 1 is 1.28 bits per heavy atom. The van der Waals surface area contributed by atoms with Crippen molar-refractivity contribution in [3.05, 3.63) is 64.3 Å². The van der Waals surface area contributed by atoms with Crippen molar-refractivity contribution in [1.29, 1.82) is 0 Å². The van der Waals surface area contributed by atoms with E-state index in [0.29, 0.717) is 15.8 Å². The van der Waals surface area contributed by atoms with Crippen molar-refractivity contribution in [3.8, 4) is 5.75 Å². The molecule has 5 nitrogen and oxygen atoms in total. The number of aromatic nitrogens is 1. The lowest BCUT2D eigenvalue weighted by molar-refractivity contribution is -0.123. The van der Waals surface area contributed by atoms with Gasteiger partial charge in [0.25, 0.3) is 5.91 Å². The van der Waals surface area contributed by atoms with Crippen molar-refractivity contribution in [2.75, 3.05) is 6.61 Å². The molecule has 3 aromatic rings. The molecule has 1 N–H and O–H groups in total. The molecule has 0 unspecified atom stereocenters. The molecule has 0 aliphatic heterocycles. The molecule has 0 radical (unpaired) electrons. The number of amides is 1. The summed E-state index contributed by atoms with van der Waals surface area (Å²) in [7, 11) is 1.96. The molecule has 0 fully saturated rings. The van der Waals surface area contributed by atoms with Crippen molar-refractivity contribution in [2.24, 2.45) is 12.1 Å². The maximum atomic E-state index is 11.8. The topological polar surface area (TPSA) is 55.6 Å². The van der Waals surface area contributed by atoms with Gasteiger partial charge in [-0.1, -0.05) is 41.4 Å². The molecule has 0 aliphatic carbocycles. The van der Waals surface area contributed by atoms with Gasteiger partial charge in [0.05, 0.1) is 11.2 Å². The summed E-state index contributed by atoms with van der Waals surface area (Å²) in [5.74, 6) is 0.00162. The number of carbonyl (C=O) groups is 1. The highest BCUT2D eigenvalue weighted by Crippen LogP contribution is 2.27. The van der Waals surface area contributed by atoms with Crippen LogP contribution in [0.15, 0.2) is 53.8 Å². The molecular formula is C18H15Cl2N3O2. The zero-order chi connectivity index (χ0) is 17.8. The van der Waals surface area contributed by atoms with Crippen LogP contribution in [0.3, 0.4) is 0 Å². The fourth-order valence-electron chi connectivity index (χ4n) is 2.42. The Kier molecular flexibility index (Phi) is 5.26. The van der Waals surface area contributed by atoms with E-state index in [0.717, 1.165) is 16.5 Å². The molecule has 0 bridgehead atoms. The number of aryl methyl sites for hydroxylation is 1. The van der Waals surface area contributed by atoms with E-state index in [1.165, 1.54) is 0 Å². The number of hydrogen-bond acceptors (Lipinski definition) is 3. The van der Waals surface area contributed by atoms with Gasteiger partial charge in [-0.25, -0.2) is 5.43 Å². The number of rotatable bonds is 5. The van der Waals surface area contributed by atoms with Gasteiger partial charge in [-0.3, -0.25) is 4.79 Å². The minimum absolute atomic E-state index is 0.200. The van der Waals surface area contributed by atoms with Crippen LogP contribution in [-0.2, 0) is 11.8 Å². The first-order chi connectivity index (χ1) is 12.0. The maximum absolute atomic E-state index is 11.8. The number of ether oxygens (including phenoxy) is 1. The summed E-state index contributed by atoms with van der Waals surface area (Å²) in [5, 5.41) is 5.89. The summed E-state index contributed by atoms with van der Waals surface area (Å²) < 4.78 is 7.35. The SMILES string of the molecule is Cn1cc(C=NNC(=O)COc2ccc(Cl)cc2Cl)c2ccccc21. The first-order valence-electron chi connectivity index (χ1n) is 7.48. The highest BCUT2D eigenvalue weighted by atomic mass is 35.5. The molecule has 3 rings (SSSR count). The van der Waals surface area contributed by atoms with Gasteiger partial charge in [-0.2, -0.15) is 5.10 Å². The van der Waals surface area contributed by atoms with Crippen LogP contribution in [0, 0.1) is 0 Å². The lowest BCUT2D eigenvalue weighted by Gasteiger charge is -2.06. The standard InChI is InChI=1S/C18H15Cl2N3O2/c1-23-10-12(14-4-2-3-5-16(14)23)9-21-22-18(24)11-25-17-7-6-13(19)8-15(17)20/h2-10H,11H2,1H3,(H,22,24). The van der Waals surface area contributed by atoms with Crippen LogP contribution >= 0.6 is 23.2 Å². The Balaban J connectivity index is 1.59. The van der Waals surface area contributed by atoms with Crippen molar-refractivity contribution in [1.82, 2.24) is 9.99 Å². The summed E-state index contributed by atoms with van der Waals surface area (Å²) in [6.07, 6.45) is 3.56. The van der Waals surface area contributed by atoms with Crippen LogP contribution in [0.1, 0.15) is 5.56 Å². The first-order valence-corrected chi connectivity index (χ1v) is 8.24. The van der Waals surface area contributed by atoms with E-state index in [1.807, 2.05) is 42.1 Å². The molecule has 0 spiro atoms. The molecule has 1 aromatic heterocycles. The average Bonchev–Trinajstić information content (AvgIpc) is 2.91. The van der Waals surface area contributed by atoms with Gasteiger partial charge in [0.2, 0.25) is 0 Å². The number of nitrogens with one attached hydrogen (secondary N) is 1. The summed E-state index contributed by atoms with van der Waals surface area (Å²) in [6, 6.07) is 12.8. The normalized spacial score (nSPS) is 11.2. The Labute approximate surface area is 154 Å². The van der Waals surface area contributed by atoms with Gasteiger partial charge < -0.3 is 9.30 Å². The third kappa shape index (κ3) is 4.13. The van der Waals surface area contributed by atoms with E-state index in [9.17, 15) is 4.79 Å². The second-order valence-corrected chi connectivity index (χ2v) is 6.21. The molecule has 1 amide bonds. The van der Waals surface area contributed by atoms with Crippen LogP contribution < -0.4 is 10.2 Å². The monoisotopic (exact) mass is 375 g/mol. The summed E-state index contributed by atoms with van der Waals surface area (Å²) in [4.78, 5) is 11.8. The summed E-state index contributed by atoms with van der Waals surface area (Å²) in [6.45, 7) is -0.200. The number of hydrazone groups is 1. The van der Waals surface area contributed by atoms with E-state index < -0.39 is 0 Å². The molecule has 1 heterocycles. The zero-order valence-corrected chi connectivity index (χ0v) is 14.9. The lowest BCUT2D eigenvalue weighted by atomic mass is 10.2. The number of nitrogens with zero attached hydrogens (tertiary/aromatic N) is 2. The van der Waals surface area contributed by atoms with Crippen LogP contribution in [0.5, 0.6) is 5.75 Å². The molecule has 0 saturated carbocycles. The Hall–Kier alpha value is -2.50. The Bertz CT molecular complexity index is 951. The van der Waals surface area contributed by atoms with E-state index in [1.54, 1.807) is 24.4 Å². The van der Waals surface area contributed by atoms with E-state index in [2.05, 4.69) is 10.5 Å². The van der Waals surface area contributed by atoms with Gasteiger partial charge in [-0.15, -0.1) is 0 Å². The van der Waals surface area contributed by atoms with Crippen molar-refractivity contribution in [3.63, 3.8) is 0 Å². The fraction of sp³-hybridized carbons (Fsp3) is 0.111. The van der Waals surface area contributed by atoms with Gasteiger partial charge in [-0.05, 0) is 24.3 Å². The Morgan fingerprint density at radius 3 is 2.88 bits per heavy atom. The van der Waals surface area contributed by atoms with Crippen molar-refractivity contribution in [2.45, 2.75) is 0 Å². The minimum Gasteiger partial charge on any atom is -0.482 e. The predicted octanol–water partition coefficient (Wildman–Crippen LogP) is 4.01. The van der Waals surface area contributed by atoms with Crippen LogP contribution in [0.4, 0.5) is 0 Å². The highest BCUT2D eigenvalue weighted by molar-refractivity contribution is 6.35. The third-order valence-electron chi connectivity index (χ3n) is 3.57. The van der Waals surface area contributed by atoms with Gasteiger partial charge >= 0.3 is 0 Å². The van der Waals surface area contributed by atoms with Crippen molar-refractivity contribution < 1.29 is 9.53 Å². The van der Waals surface area contributed by atoms with E-state index >= 15 is 0 Å². The molecule has 128 valence electrons. The molecular weight excluding hydrogens is 361 g/mol. The molecule has 25 heavy (non-hydrogen) atoms. The first kappa shape index (κ1) is 17.3. The van der Waals surface area contributed by atoms with Gasteiger partial charge in [0.1, 0.15) is 5.75 Å². The summed E-state index contributed by atoms with van der Waals surface area (Å²) >= 11 is 11.8. The maximum Gasteiger partial charge on any atom is 0.277 e. The molecule has 0 atom stereocenters. The van der Waals surface area contributed by atoms with Crippen molar-refractivity contribution >= 4 is 46.2 Å². The zero-order valence-electron chi connectivity index (χ0n) is 13.4. The van der Waals surface area contributed by atoms with Gasteiger partial charge in [0, 0.05) is 34.7 Å². The molecule has 0 saturated heterocycles. The number of benzene rings is 2. The predicted molar refractivity (Wildman–Crippen MR) is 101 cm³/mol.